The lowest BCUT2D eigenvalue weighted by molar-refractivity contribution is -0.137. The monoisotopic (exact) mass is 257 g/mol. The fraction of sp³-hybridized carbons (Fsp3) is 0.273. The summed E-state index contributed by atoms with van der Waals surface area (Å²) >= 11 is 0. The summed E-state index contributed by atoms with van der Waals surface area (Å²) in [6.45, 7) is 1.84. The Kier molecular flexibility index (Phi) is 2.98. The first kappa shape index (κ1) is 12.4. The molecule has 0 unspecified atom stereocenters. The normalized spacial score (nSPS) is 11.8. The molecule has 0 amide bonds. The number of nitrogen functional groups attached to an aromatic ring is 1. The highest BCUT2D eigenvalue weighted by atomic mass is 19.4. The van der Waals surface area contributed by atoms with E-state index in [2.05, 4.69) is 10.1 Å². The van der Waals surface area contributed by atoms with Gasteiger partial charge in [0.1, 0.15) is 5.69 Å². The molecule has 0 radical (unpaired) electrons. The van der Waals surface area contributed by atoms with Crippen molar-refractivity contribution in [2.45, 2.75) is 19.5 Å². The number of aromatic nitrogens is 2. The fourth-order valence-electron chi connectivity index (χ4n) is 1.57. The summed E-state index contributed by atoms with van der Waals surface area (Å²) in [5.74, 6) is 0.161. The van der Waals surface area contributed by atoms with Crippen LogP contribution in [0, 0.1) is 0 Å². The van der Waals surface area contributed by atoms with Gasteiger partial charge in [-0.05, 0) is 18.6 Å². The fourth-order valence-corrected chi connectivity index (χ4v) is 1.57. The Balaban J connectivity index is 2.40. The molecule has 4 nitrogen and oxygen atoms in total. The Morgan fingerprint density at radius 1 is 1.33 bits per heavy atom. The molecule has 2 aromatic heterocycles. The maximum Gasteiger partial charge on any atom is 0.417 e. The number of nitrogens with two attached hydrogens (primary N) is 1. The van der Waals surface area contributed by atoms with Crippen LogP contribution in [0.4, 0.5) is 19.1 Å². The zero-order valence-electron chi connectivity index (χ0n) is 9.45. The minimum Gasteiger partial charge on any atom is -0.367 e. The van der Waals surface area contributed by atoms with Gasteiger partial charge in [-0.3, -0.25) is 4.98 Å². The lowest BCUT2D eigenvalue weighted by Gasteiger charge is -2.06. The Bertz CT molecular complexity index is 546. The maximum absolute atomic E-state index is 12.4. The lowest BCUT2D eigenvalue weighted by atomic mass is 10.1. The topological polar surface area (TPSA) is 64.9 Å². The molecular formula is C11H10F3N3O. The molecule has 0 fully saturated rings. The Labute approximate surface area is 101 Å². The third kappa shape index (κ3) is 2.15. The van der Waals surface area contributed by atoms with E-state index in [0.717, 1.165) is 12.3 Å². The zero-order valence-corrected chi connectivity index (χ0v) is 9.45. The Morgan fingerprint density at radius 2 is 2.06 bits per heavy atom. The van der Waals surface area contributed by atoms with Crippen LogP contribution in [0.25, 0.3) is 11.4 Å². The summed E-state index contributed by atoms with van der Waals surface area (Å²) < 4.78 is 41.9. The van der Waals surface area contributed by atoms with E-state index in [-0.39, 0.29) is 5.88 Å². The number of anilines is 1. The van der Waals surface area contributed by atoms with Crippen molar-refractivity contribution in [1.29, 1.82) is 0 Å². The van der Waals surface area contributed by atoms with Crippen LogP contribution in [0.2, 0.25) is 0 Å². The van der Waals surface area contributed by atoms with Crippen molar-refractivity contribution in [2.24, 2.45) is 0 Å². The molecule has 0 saturated carbocycles. The molecule has 0 saturated heterocycles. The summed E-state index contributed by atoms with van der Waals surface area (Å²) in [5, 5.41) is 3.70. The summed E-state index contributed by atoms with van der Waals surface area (Å²) in [6, 6.07) is 2.20. The van der Waals surface area contributed by atoms with Crippen LogP contribution < -0.4 is 5.73 Å². The SMILES string of the molecule is CCc1c(-c2ccc(C(F)(F)F)cn2)noc1N. The van der Waals surface area contributed by atoms with Gasteiger partial charge in [-0.1, -0.05) is 12.1 Å². The number of pyridine rings is 1. The molecule has 2 aromatic rings. The van der Waals surface area contributed by atoms with Gasteiger partial charge in [0.05, 0.1) is 11.3 Å². The number of rotatable bonds is 2. The molecule has 2 N–H and O–H groups in total. The molecule has 2 rings (SSSR count). The van der Waals surface area contributed by atoms with Crippen LogP contribution >= 0.6 is 0 Å². The van der Waals surface area contributed by atoms with Gasteiger partial charge >= 0.3 is 6.18 Å². The molecule has 0 aliphatic carbocycles. The van der Waals surface area contributed by atoms with Crippen molar-refractivity contribution in [3.63, 3.8) is 0 Å². The molecule has 0 aliphatic rings. The molecule has 2 heterocycles. The quantitative estimate of drug-likeness (QED) is 0.898. The highest BCUT2D eigenvalue weighted by Gasteiger charge is 2.31. The highest BCUT2D eigenvalue weighted by Crippen LogP contribution is 2.31. The molecule has 0 spiro atoms. The van der Waals surface area contributed by atoms with Crippen molar-refractivity contribution in [2.75, 3.05) is 5.73 Å². The number of hydrogen-bond acceptors (Lipinski definition) is 4. The van der Waals surface area contributed by atoms with Gasteiger partial charge < -0.3 is 10.3 Å². The minimum atomic E-state index is -4.40. The van der Waals surface area contributed by atoms with Crippen LogP contribution in [0.5, 0.6) is 0 Å². The summed E-state index contributed by atoms with van der Waals surface area (Å²) in [5.41, 5.74) is 6.07. The van der Waals surface area contributed by atoms with Crippen molar-refractivity contribution in [1.82, 2.24) is 10.1 Å². The predicted octanol–water partition coefficient (Wildman–Crippen LogP) is 2.90. The van der Waals surface area contributed by atoms with Gasteiger partial charge in [0.2, 0.25) is 5.88 Å². The minimum absolute atomic E-state index is 0.161. The summed E-state index contributed by atoms with van der Waals surface area (Å²) in [7, 11) is 0. The van der Waals surface area contributed by atoms with Crippen LogP contribution in [-0.4, -0.2) is 10.1 Å². The van der Waals surface area contributed by atoms with Crippen molar-refractivity contribution >= 4 is 5.88 Å². The van der Waals surface area contributed by atoms with Crippen LogP contribution in [0.3, 0.4) is 0 Å². The Hall–Kier alpha value is -2.05. The molecule has 18 heavy (non-hydrogen) atoms. The summed E-state index contributed by atoms with van der Waals surface area (Å²) in [6.07, 6.45) is -3.07. The number of hydrogen-bond donors (Lipinski definition) is 1. The predicted molar refractivity (Wildman–Crippen MR) is 58.5 cm³/mol. The molecule has 96 valence electrons. The van der Waals surface area contributed by atoms with Gasteiger partial charge in [-0.2, -0.15) is 13.2 Å². The highest BCUT2D eigenvalue weighted by molar-refractivity contribution is 5.63. The van der Waals surface area contributed by atoms with E-state index in [1.807, 2.05) is 6.92 Å². The van der Waals surface area contributed by atoms with E-state index in [0.29, 0.717) is 23.4 Å². The maximum atomic E-state index is 12.4. The molecule has 0 atom stereocenters. The molecule has 0 bridgehead atoms. The molecular weight excluding hydrogens is 247 g/mol. The first-order valence-corrected chi connectivity index (χ1v) is 5.21. The largest absolute Gasteiger partial charge is 0.417 e. The van der Waals surface area contributed by atoms with Crippen molar-refractivity contribution < 1.29 is 17.7 Å². The van der Waals surface area contributed by atoms with Gasteiger partial charge in [0, 0.05) is 11.8 Å². The third-order valence-electron chi connectivity index (χ3n) is 2.51. The zero-order chi connectivity index (χ0) is 13.3. The van der Waals surface area contributed by atoms with Crippen molar-refractivity contribution in [3.8, 4) is 11.4 Å². The van der Waals surface area contributed by atoms with E-state index in [1.165, 1.54) is 6.07 Å². The smallest absolute Gasteiger partial charge is 0.367 e. The van der Waals surface area contributed by atoms with E-state index < -0.39 is 11.7 Å². The Morgan fingerprint density at radius 3 is 2.56 bits per heavy atom. The second-order valence-electron chi connectivity index (χ2n) is 3.66. The second-order valence-corrected chi connectivity index (χ2v) is 3.66. The van der Waals surface area contributed by atoms with E-state index in [1.54, 1.807) is 0 Å². The number of halogens is 3. The average molecular weight is 257 g/mol. The van der Waals surface area contributed by atoms with Gasteiger partial charge in [0.25, 0.3) is 0 Å². The third-order valence-corrected chi connectivity index (χ3v) is 2.51. The first-order valence-electron chi connectivity index (χ1n) is 5.21. The average Bonchev–Trinajstić information content (AvgIpc) is 2.69. The van der Waals surface area contributed by atoms with E-state index >= 15 is 0 Å². The molecule has 0 aromatic carbocycles. The van der Waals surface area contributed by atoms with Crippen LogP contribution in [-0.2, 0) is 12.6 Å². The standard InChI is InChI=1S/C11H10F3N3O/c1-2-7-9(17-18-10(7)15)8-4-3-6(5-16-8)11(12,13)14/h3-5H,2,15H2,1H3. The van der Waals surface area contributed by atoms with Crippen molar-refractivity contribution in [3.05, 3.63) is 29.5 Å². The van der Waals surface area contributed by atoms with Gasteiger partial charge in [-0.15, -0.1) is 0 Å². The number of alkyl halides is 3. The van der Waals surface area contributed by atoms with Crippen LogP contribution in [0.15, 0.2) is 22.9 Å². The first-order chi connectivity index (χ1) is 8.43. The lowest BCUT2D eigenvalue weighted by Crippen LogP contribution is -2.05. The molecule has 7 heteroatoms. The van der Waals surface area contributed by atoms with Crippen LogP contribution in [0.1, 0.15) is 18.1 Å². The molecule has 0 aliphatic heterocycles. The van der Waals surface area contributed by atoms with E-state index in [9.17, 15) is 13.2 Å². The second kappa shape index (κ2) is 4.32. The number of nitrogens with zero attached hydrogens (tertiary/aromatic N) is 2. The van der Waals surface area contributed by atoms with Gasteiger partial charge in [0.15, 0.2) is 0 Å². The summed E-state index contributed by atoms with van der Waals surface area (Å²) in [4.78, 5) is 3.74. The van der Waals surface area contributed by atoms with E-state index in [4.69, 9.17) is 10.3 Å². The van der Waals surface area contributed by atoms with Gasteiger partial charge in [-0.25, -0.2) is 0 Å².